The number of nitrogens with two attached hydrogens (primary N) is 1. The first-order chi connectivity index (χ1) is 9.95. The number of hydrogen-bond donors (Lipinski definition) is 2. The Hall–Kier alpha value is -1.71. The minimum absolute atomic E-state index is 0.0803. The van der Waals surface area contributed by atoms with Gasteiger partial charge < -0.3 is 11.1 Å². The number of halogens is 2. The second-order valence-electron chi connectivity index (χ2n) is 4.88. The molecular weight excluding hydrogens is 307 g/mol. The smallest absolute Gasteiger partial charge is 0.224 e. The Labute approximate surface area is 134 Å². The van der Waals surface area contributed by atoms with Crippen LogP contribution >= 0.6 is 23.2 Å². The van der Waals surface area contributed by atoms with Crippen molar-refractivity contribution in [3.63, 3.8) is 0 Å². The average molecular weight is 323 g/mol. The van der Waals surface area contributed by atoms with Gasteiger partial charge in [-0.25, -0.2) is 0 Å². The van der Waals surface area contributed by atoms with Crippen molar-refractivity contribution in [1.82, 2.24) is 5.32 Å². The van der Waals surface area contributed by atoms with E-state index in [-0.39, 0.29) is 18.4 Å². The van der Waals surface area contributed by atoms with Gasteiger partial charge in [0.15, 0.2) is 0 Å². The molecule has 0 aliphatic rings. The van der Waals surface area contributed by atoms with E-state index < -0.39 is 0 Å². The Kier molecular flexibility index (Phi) is 5.10. The molecule has 0 heterocycles. The fraction of sp³-hybridized carbons (Fsp3) is 0.188. The molecule has 3 nitrogen and oxygen atoms in total. The molecule has 2 aromatic carbocycles. The molecule has 1 amide bonds. The van der Waals surface area contributed by atoms with E-state index in [1.165, 1.54) is 0 Å². The molecule has 0 aliphatic heterocycles. The molecule has 0 spiro atoms. The summed E-state index contributed by atoms with van der Waals surface area (Å²) in [4.78, 5) is 12.1. The summed E-state index contributed by atoms with van der Waals surface area (Å²) in [5.41, 5.74) is 8.21. The largest absolute Gasteiger partial charge is 0.399 e. The van der Waals surface area contributed by atoms with Gasteiger partial charge in [-0.2, -0.15) is 0 Å². The van der Waals surface area contributed by atoms with Gasteiger partial charge >= 0.3 is 0 Å². The van der Waals surface area contributed by atoms with Crippen molar-refractivity contribution in [1.29, 1.82) is 0 Å². The average Bonchev–Trinajstić information content (AvgIpc) is 2.43. The maximum atomic E-state index is 12.1. The molecule has 2 aromatic rings. The maximum Gasteiger partial charge on any atom is 0.224 e. The Morgan fingerprint density at radius 3 is 2.62 bits per heavy atom. The van der Waals surface area contributed by atoms with E-state index in [1.807, 2.05) is 31.2 Å². The zero-order valence-corrected chi connectivity index (χ0v) is 13.1. The highest BCUT2D eigenvalue weighted by atomic mass is 35.5. The van der Waals surface area contributed by atoms with E-state index in [4.69, 9.17) is 28.9 Å². The topological polar surface area (TPSA) is 55.1 Å². The summed E-state index contributed by atoms with van der Waals surface area (Å²) < 4.78 is 0. The minimum Gasteiger partial charge on any atom is -0.399 e. The molecule has 2 rings (SSSR count). The highest BCUT2D eigenvalue weighted by Gasteiger charge is 2.11. The molecular formula is C16H16Cl2N2O. The van der Waals surface area contributed by atoms with Gasteiger partial charge in [-0.15, -0.1) is 0 Å². The van der Waals surface area contributed by atoms with Crippen molar-refractivity contribution in [3.05, 3.63) is 63.6 Å². The van der Waals surface area contributed by atoms with Crippen LogP contribution in [0.4, 0.5) is 5.69 Å². The standard InChI is InChI=1S/C16H16Cl2N2O/c1-10(12-3-2-4-13(19)9-12)20-16(21)8-11-5-6-14(17)15(18)7-11/h2-7,9-10H,8,19H2,1H3,(H,20,21). The van der Waals surface area contributed by atoms with Crippen LogP contribution in [0.5, 0.6) is 0 Å². The summed E-state index contributed by atoms with van der Waals surface area (Å²) >= 11 is 11.8. The number of carbonyl (C=O) groups excluding carboxylic acids is 1. The monoisotopic (exact) mass is 322 g/mol. The van der Waals surface area contributed by atoms with E-state index >= 15 is 0 Å². The first-order valence-electron chi connectivity index (χ1n) is 6.54. The molecule has 1 atom stereocenters. The first-order valence-corrected chi connectivity index (χ1v) is 7.30. The second kappa shape index (κ2) is 6.83. The molecule has 21 heavy (non-hydrogen) atoms. The summed E-state index contributed by atoms with van der Waals surface area (Å²) in [6, 6.07) is 12.5. The number of nitrogens with one attached hydrogen (secondary N) is 1. The van der Waals surface area contributed by atoms with Crippen LogP contribution in [-0.2, 0) is 11.2 Å². The number of rotatable bonds is 4. The fourth-order valence-electron chi connectivity index (χ4n) is 2.04. The number of amides is 1. The van der Waals surface area contributed by atoms with Gasteiger partial charge in [0.2, 0.25) is 5.91 Å². The molecule has 0 fully saturated rings. The quantitative estimate of drug-likeness (QED) is 0.836. The third-order valence-electron chi connectivity index (χ3n) is 3.14. The van der Waals surface area contributed by atoms with E-state index in [9.17, 15) is 4.79 Å². The van der Waals surface area contributed by atoms with Crippen molar-refractivity contribution >= 4 is 34.8 Å². The number of hydrogen-bond acceptors (Lipinski definition) is 2. The zero-order valence-electron chi connectivity index (χ0n) is 11.6. The highest BCUT2D eigenvalue weighted by Crippen LogP contribution is 2.23. The summed E-state index contributed by atoms with van der Waals surface area (Å²) in [5, 5.41) is 3.87. The second-order valence-corrected chi connectivity index (χ2v) is 5.70. The van der Waals surface area contributed by atoms with Crippen LogP contribution in [0, 0.1) is 0 Å². The third-order valence-corrected chi connectivity index (χ3v) is 3.88. The molecule has 0 aromatic heterocycles. The van der Waals surface area contributed by atoms with Gasteiger partial charge in [0.1, 0.15) is 0 Å². The molecule has 0 saturated heterocycles. The lowest BCUT2D eigenvalue weighted by molar-refractivity contribution is -0.121. The molecule has 0 radical (unpaired) electrons. The fourth-order valence-corrected chi connectivity index (χ4v) is 2.36. The predicted molar refractivity (Wildman–Crippen MR) is 87.6 cm³/mol. The lowest BCUT2D eigenvalue weighted by Gasteiger charge is -2.15. The summed E-state index contributed by atoms with van der Waals surface area (Å²) in [6.07, 6.45) is 0.254. The molecule has 0 aliphatic carbocycles. The molecule has 3 N–H and O–H groups in total. The summed E-state index contributed by atoms with van der Waals surface area (Å²) in [5.74, 6) is -0.0803. The van der Waals surface area contributed by atoms with Crippen LogP contribution in [0.1, 0.15) is 24.1 Å². The van der Waals surface area contributed by atoms with Crippen molar-refractivity contribution in [2.75, 3.05) is 5.73 Å². The lowest BCUT2D eigenvalue weighted by Crippen LogP contribution is -2.28. The van der Waals surface area contributed by atoms with Gasteiger partial charge in [-0.1, -0.05) is 41.4 Å². The van der Waals surface area contributed by atoms with Gasteiger partial charge in [0, 0.05) is 5.69 Å². The Morgan fingerprint density at radius 2 is 1.95 bits per heavy atom. The number of carbonyl (C=O) groups is 1. The molecule has 110 valence electrons. The lowest BCUT2D eigenvalue weighted by atomic mass is 10.1. The van der Waals surface area contributed by atoms with Gasteiger partial charge in [-0.05, 0) is 42.3 Å². The van der Waals surface area contributed by atoms with Gasteiger partial charge in [-0.3, -0.25) is 4.79 Å². The number of benzene rings is 2. The van der Waals surface area contributed by atoms with E-state index in [1.54, 1.807) is 18.2 Å². The van der Waals surface area contributed by atoms with Crippen LogP contribution in [0.25, 0.3) is 0 Å². The van der Waals surface area contributed by atoms with Crippen LogP contribution < -0.4 is 11.1 Å². The Morgan fingerprint density at radius 1 is 1.19 bits per heavy atom. The Balaban J connectivity index is 1.99. The number of anilines is 1. The zero-order chi connectivity index (χ0) is 15.4. The summed E-state index contributed by atoms with van der Waals surface area (Å²) in [6.45, 7) is 1.92. The molecule has 1 unspecified atom stereocenters. The SMILES string of the molecule is CC(NC(=O)Cc1ccc(Cl)c(Cl)c1)c1cccc(N)c1. The molecule has 0 saturated carbocycles. The van der Waals surface area contributed by atoms with E-state index in [0.29, 0.717) is 15.7 Å². The highest BCUT2D eigenvalue weighted by molar-refractivity contribution is 6.42. The van der Waals surface area contributed by atoms with Crippen molar-refractivity contribution in [3.8, 4) is 0 Å². The van der Waals surface area contributed by atoms with Crippen LogP contribution in [0.2, 0.25) is 10.0 Å². The van der Waals surface area contributed by atoms with E-state index in [0.717, 1.165) is 11.1 Å². The molecule has 0 bridgehead atoms. The van der Waals surface area contributed by atoms with Gasteiger partial charge in [0.25, 0.3) is 0 Å². The van der Waals surface area contributed by atoms with E-state index in [2.05, 4.69) is 5.32 Å². The van der Waals surface area contributed by atoms with Gasteiger partial charge in [0.05, 0.1) is 22.5 Å². The number of nitrogen functional groups attached to an aromatic ring is 1. The van der Waals surface area contributed by atoms with Crippen molar-refractivity contribution < 1.29 is 4.79 Å². The normalized spacial score (nSPS) is 12.0. The van der Waals surface area contributed by atoms with Crippen molar-refractivity contribution in [2.45, 2.75) is 19.4 Å². The third kappa shape index (κ3) is 4.38. The molecule has 5 heteroatoms. The minimum atomic E-state index is -0.108. The first kappa shape index (κ1) is 15.7. The van der Waals surface area contributed by atoms with Crippen LogP contribution in [-0.4, -0.2) is 5.91 Å². The summed E-state index contributed by atoms with van der Waals surface area (Å²) in [7, 11) is 0. The Bertz CT molecular complexity index is 658. The van der Waals surface area contributed by atoms with Crippen LogP contribution in [0.15, 0.2) is 42.5 Å². The maximum absolute atomic E-state index is 12.1. The van der Waals surface area contributed by atoms with Crippen LogP contribution in [0.3, 0.4) is 0 Å². The van der Waals surface area contributed by atoms with Crippen molar-refractivity contribution in [2.24, 2.45) is 0 Å². The predicted octanol–water partition coefficient (Wildman–Crippen LogP) is 4.00.